The SMILES string of the molecule is CCNC(Cc1cc(F)ccc1F)C(C)C. The number of hydrogen-bond acceptors (Lipinski definition) is 1. The van der Waals surface area contributed by atoms with Crippen LogP contribution in [0.4, 0.5) is 8.78 Å². The van der Waals surface area contributed by atoms with Crippen LogP contribution in [0.25, 0.3) is 0 Å². The predicted octanol–water partition coefficient (Wildman–Crippen LogP) is 3.14. The lowest BCUT2D eigenvalue weighted by atomic mass is 9.96. The monoisotopic (exact) mass is 227 g/mol. The maximum absolute atomic E-state index is 13.4. The Morgan fingerprint density at radius 1 is 1.25 bits per heavy atom. The van der Waals surface area contributed by atoms with Gasteiger partial charge in [-0.2, -0.15) is 0 Å². The smallest absolute Gasteiger partial charge is 0.126 e. The molecule has 0 saturated carbocycles. The standard InChI is InChI=1S/C13H19F2N/c1-4-16-13(9(2)3)8-10-7-11(14)5-6-12(10)15/h5-7,9,13,16H,4,8H2,1-3H3. The van der Waals surface area contributed by atoms with Gasteiger partial charge in [0.25, 0.3) is 0 Å². The van der Waals surface area contributed by atoms with Gasteiger partial charge in [0.05, 0.1) is 0 Å². The summed E-state index contributed by atoms with van der Waals surface area (Å²) in [5.74, 6) is -0.317. The first-order valence-corrected chi connectivity index (χ1v) is 5.72. The van der Waals surface area contributed by atoms with Gasteiger partial charge < -0.3 is 5.32 Å². The molecule has 3 heteroatoms. The lowest BCUT2D eigenvalue weighted by Crippen LogP contribution is -2.35. The molecular formula is C13H19F2N. The minimum absolute atomic E-state index is 0.182. The zero-order valence-corrected chi connectivity index (χ0v) is 10.1. The first kappa shape index (κ1) is 13.1. The molecule has 0 fully saturated rings. The van der Waals surface area contributed by atoms with E-state index in [-0.39, 0.29) is 17.7 Å². The Morgan fingerprint density at radius 2 is 1.94 bits per heavy atom. The van der Waals surface area contributed by atoms with Crippen LogP contribution in [0.2, 0.25) is 0 Å². The summed E-state index contributed by atoms with van der Waals surface area (Å²) in [6.45, 7) is 6.99. The second-order valence-corrected chi connectivity index (χ2v) is 4.35. The molecule has 0 amide bonds. The number of nitrogens with one attached hydrogen (secondary N) is 1. The molecule has 0 saturated heterocycles. The summed E-state index contributed by atoms with van der Waals surface area (Å²) in [6.07, 6.45) is 0.523. The summed E-state index contributed by atoms with van der Waals surface area (Å²) in [6, 6.07) is 3.80. The van der Waals surface area contributed by atoms with Gasteiger partial charge in [0, 0.05) is 6.04 Å². The second-order valence-electron chi connectivity index (χ2n) is 4.35. The van der Waals surface area contributed by atoms with Crippen LogP contribution >= 0.6 is 0 Å². The van der Waals surface area contributed by atoms with Gasteiger partial charge in [0.1, 0.15) is 11.6 Å². The van der Waals surface area contributed by atoms with Crippen molar-refractivity contribution in [3.63, 3.8) is 0 Å². The molecule has 1 nitrogen and oxygen atoms in total. The van der Waals surface area contributed by atoms with Crippen molar-refractivity contribution in [1.29, 1.82) is 0 Å². The van der Waals surface area contributed by atoms with Crippen LogP contribution in [0.3, 0.4) is 0 Å². The fraction of sp³-hybridized carbons (Fsp3) is 0.538. The average Bonchev–Trinajstić information content (AvgIpc) is 2.22. The molecule has 1 unspecified atom stereocenters. The minimum Gasteiger partial charge on any atom is -0.314 e. The van der Waals surface area contributed by atoms with Crippen LogP contribution in [-0.2, 0) is 6.42 Å². The molecular weight excluding hydrogens is 208 g/mol. The van der Waals surface area contributed by atoms with Crippen LogP contribution in [0, 0.1) is 17.6 Å². The average molecular weight is 227 g/mol. The normalized spacial score (nSPS) is 13.1. The quantitative estimate of drug-likeness (QED) is 0.814. The Morgan fingerprint density at radius 3 is 2.50 bits per heavy atom. The van der Waals surface area contributed by atoms with Crippen molar-refractivity contribution < 1.29 is 8.78 Å². The molecule has 0 aliphatic heterocycles. The van der Waals surface area contributed by atoms with Crippen molar-refractivity contribution in [2.75, 3.05) is 6.54 Å². The highest BCUT2D eigenvalue weighted by atomic mass is 19.1. The lowest BCUT2D eigenvalue weighted by molar-refractivity contribution is 0.399. The number of likely N-dealkylation sites (N-methyl/N-ethyl adjacent to an activating group) is 1. The van der Waals surface area contributed by atoms with E-state index in [1.165, 1.54) is 12.1 Å². The summed E-state index contributed by atoms with van der Waals surface area (Å²) >= 11 is 0. The van der Waals surface area contributed by atoms with Crippen LogP contribution in [-0.4, -0.2) is 12.6 Å². The number of rotatable bonds is 5. The van der Waals surface area contributed by atoms with Crippen LogP contribution in [0.15, 0.2) is 18.2 Å². The number of halogens is 2. The van der Waals surface area contributed by atoms with E-state index >= 15 is 0 Å². The highest BCUT2D eigenvalue weighted by Gasteiger charge is 2.15. The molecule has 1 atom stereocenters. The fourth-order valence-corrected chi connectivity index (χ4v) is 1.74. The largest absolute Gasteiger partial charge is 0.314 e. The fourth-order valence-electron chi connectivity index (χ4n) is 1.74. The first-order valence-electron chi connectivity index (χ1n) is 5.72. The van der Waals surface area contributed by atoms with Gasteiger partial charge in [-0.3, -0.25) is 0 Å². The minimum atomic E-state index is -0.379. The van der Waals surface area contributed by atoms with E-state index in [9.17, 15) is 8.78 Å². The summed E-state index contributed by atoms with van der Waals surface area (Å²) < 4.78 is 26.4. The predicted molar refractivity (Wildman–Crippen MR) is 62.4 cm³/mol. The molecule has 1 aromatic carbocycles. The van der Waals surface area contributed by atoms with E-state index in [0.29, 0.717) is 17.9 Å². The molecule has 0 aliphatic carbocycles. The van der Waals surface area contributed by atoms with Gasteiger partial charge >= 0.3 is 0 Å². The van der Waals surface area contributed by atoms with Gasteiger partial charge in [-0.05, 0) is 42.6 Å². The molecule has 0 radical (unpaired) electrons. The molecule has 0 aliphatic rings. The summed E-state index contributed by atoms with van der Waals surface area (Å²) in [7, 11) is 0. The maximum atomic E-state index is 13.4. The van der Waals surface area contributed by atoms with Crippen molar-refractivity contribution in [2.45, 2.75) is 33.2 Å². The third-order valence-corrected chi connectivity index (χ3v) is 2.72. The van der Waals surface area contributed by atoms with E-state index in [1.54, 1.807) is 0 Å². The zero-order valence-electron chi connectivity index (χ0n) is 10.1. The van der Waals surface area contributed by atoms with E-state index in [0.717, 1.165) is 12.6 Å². The van der Waals surface area contributed by atoms with Crippen LogP contribution in [0.1, 0.15) is 26.3 Å². The Hall–Kier alpha value is -0.960. The molecule has 1 N–H and O–H groups in total. The highest BCUT2D eigenvalue weighted by molar-refractivity contribution is 5.19. The summed E-state index contributed by atoms with van der Waals surface area (Å²) in [5, 5.41) is 3.29. The van der Waals surface area contributed by atoms with Crippen molar-refractivity contribution in [2.24, 2.45) is 5.92 Å². The Bertz CT molecular complexity index is 337. The first-order chi connectivity index (χ1) is 7.54. The number of benzene rings is 1. The third-order valence-electron chi connectivity index (χ3n) is 2.72. The van der Waals surface area contributed by atoms with Crippen LogP contribution in [0.5, 0.6) is 0 Å². The molecule has 16 heavy (non-hydrogen) atoms. The molecule has 1 aromatic rings. The molecule has 0 bridgehead atoms. The summed E-state index contributed by atoms with van der Waals surface area (Å²) in [5.41, 5.74) is 0.444. The molecule has 90 valence electrons. The van der Waals surface area contributed by atoms with E-state index < -0.39 is 0 Å². The topological polar surface area (TPSA) is 12.0 Å². The molecule has 0 spiro atoms. The lowest BCUT2D eigenvalue weighted by Gasteiger charge is -2.22. The Kier molecular flexibility index (Phi) is 4.87. The highest BCUT2D eigenvalue weighted by Crippen LogP contribution is 2.15. The van der Waals surface area contributed by atoms with Gasteiger partial charge in [-0.25, -0.2) is 8.78 Å². The summed E-state index contributed by atoms with van der Waals surface area (Å²) in [4.78, 5) is 0. The number of hydrogen-bond donors (Lipinski definition) is 1. The molecule has 0 heterocycles. The van der Waals surface area contributed by atoms with Crippen molar-refractivity contribution in [1.82, 2.24) is 5.32 Å². The van der Waals surface area contributed by atoms with Gasteiger partial charge in [-0.1, -0.05) is 20.8 Å². The van der Waals surface area contributed by atoms with Crippen molar-refractivity contribution in [3.8, 4) is 0 Å². The van der Waals surface area contributed by atoms with Gasteiger partial charge in [-0.15, -0.1) is 0 Å². The zero-order chi connectivity index (χ0) is 12.1. The van der Waals surface area contributed by atoms with E-state index in [2.05, 4.69) is 19.2 Å². The van der Waals surface area contributed by atoms with E-state index in [1.807, 2.05) is 6.92 Å². The van der Waals surface area contributed by atoms with Gasteiger partial charge in [0.2, 0.25) is 0 Å². The second kappa shape index (κ2) is 5.94. The van der Waals surface area contributed by atoms with Crippen molar-refractivity contribution >= 4 is 0 Å². The Labute approximate surface area is 95.9 Å². The van der Waals surface area contributed by atoms with Crippen LogP contribution < -0.4 is 5.32 Å². The third kappa shape index (κ3) is 3.56. The Balaban J connectivity index is 2.80. The van der Waals surface area contributed by atoms with Crippen molar-refractivity contribution in [3.05, 3.63) is 35.4 Å². The van der Waals surface area contributed by atoms with E-state index in [4.69, 9.17) is 0 Å². The maximum Gasteiger partial charge on any atom is 0.126 e. The van der Waals surface area contributed by atoms with Gasteiger partial charge in [0.15, 0.2) is 0 Å². The molecule has 0 aromatic heterocycles. The molecule has 1 rings (SSSR count).